The number of nitrogens with one attached hydrogen (secondary N) is 1. The Morgan fingerprint density at radius 1 is 1.63 bits per heavy atom. The number of hydrogen-bond acceptors (Lipinski definition) is 5. The molecule has 1 aliphatic rings. The molecule has 0 bridgehead atoms. The van der Waals surface area contributed by atoms with Crippen LogP contribution in [0.4, 0.5) is 0 Å². The number of aliphatic hydroxyl groups is 2. The predicted octanol–water partition coefficient (Wildman–Crippen LogP) is 0.499. The monoisotopic (exact) mass is 286 g/mol. The second kappa shape index (κ2) is 5.96. The third kappa shape index (κ3) is 2.94. The van der Waals surface area contributed by atoms with Crippen molar-refractivity contribution in [3.63, 3.8) is 0 Å². The van der Waals surface area contributed by atoms with Crippen LogP contribution in [-0.2, 0) is 11.2 Å². The van der Waals surface area contributed by atoms with E-state index in [1.54, 1.807) is 6.20 Å². The first-order chi connectivity index (χ1) is 9.06. The lowest BCUT2D eigenvalue weighted by Crippen LogP contribution is -2.28. The number of rotatable bonds is 4. The minimum atomic E-state index is -0.764. The summed E-state index contributed by atoms with van der Waals surface area (Å²) in [6.07, 6.45) is 1.68. The number of ether oxygens (including phenoxy) is 1. The Bertz CT molecular complexity index is 553. The molecule has 1 saturated heterocycles. The maximum atomic E-state index is 11.9. The van der Waals surface area contributed by atoms with Crippen molar-refractivity contribution < 1.29 is 14.9 Å². The van der Waals surface area contributed by atoms with Crippen molar-refractivity contribution in [2.45, 2.75) is 44.6 Å². The van der Waals surface area contributed by atoms with Gasteiger partial charge in [-0.1, -0.05) is 25.6 Å². The van der Waals surface area contributed by atoms with Crippen LogP contribution in [0.5, 0.6) is 0 Å². The number of aromatic amines is 1. The molecule has 106 valence electrons. The lowest BCUT2D eigenvalue weighted by Gasteiger charge is -2.15. The molecule has 1 aromatic heterocycles. The molecule has 0 unspecified atom stereocenters. The fraction of sp³-hybridized carbons (Fsp3) is 0.667. The van der Waals surface area contributed by atoms with Gasteiger partial charge in [0, 0.05) is 18.2 Å². The molecular formula is C12H18N2O4S. The van der Waals surface area contributed by atoms with Gasteiger partial charge in [0.1, 0.15) is 17.0 Å². The van der Waals surface area contributed by atoms with Crippen molar-refractivity contribution in [2.75, 3.05) is 6.61 Å². The average molecular weight is 286 g/mol. The molecule has 6 nitrogen and oxygen atoms in total. The van der Waals surface area contributed by atoms with Gasteiger partial charge in [-0.25, -0.2) is 4.79 Å². The van der Waals surface area contributed by atoms with Crippen LogP contribution >= 0.6 is 12.2 Å². The molecule has 1 aromatic rings. The smallest absolute Gasteiger partial charge is 0.328 e. The second-order valence-corrected chi connectivity index (χ2v) is 5.09. The van der Waals surface area contributed by atoms with Crippen LogP contribution < -0.4 is 5.69 Å². The summed E-state index contributed by atoms with van der Waals surface area (Å²) in [5, 5.41) is 18.8. The number of H-pyrrole nitrogens is 1. The molecule has 2 heterocycles. The van der Waals surface area contributed by atoms with E-state index in [4.69, 9.17) is 22.1 Å². The summed E-state index contributed by atoms with van der Waals surface area (Å²) < 4.78 is 7.32. The molecule has 2 rings (SSSR count). The highest BCUT2D eigenvalue weighted by Crippen LogP contribution is 2.27. The summed E-state index contributed by atoms with van der Waals surface area (Å²) in [4.78, 5) is 14.5. The number of aliphatic hydroxyl groups excluding tert-OH is 2. The fourth-order valence-corrected chi connectivity index (χ4v) is 2.48. The molecule has 0 aliphatic carbocycles. The molecule has 0 saturated carbocycles. The Labute approximate surface area is 115 Å². The first kappa shape index (κ1) is 14.4. The van der Waals surface area contributed by atoms with Gasteiger partial charge in [-0.15, -0.1) is 0 Å². The van der Waals surface area contributed by atoms with Gasteiger partial charge in [-0.3, -0.25) is 9.55 Å². The standard InChI is InChI=1S/C12H18N2O4S/c1-2-3-7-5-14(12(17)13-11(7)19)10-4-8(16)9(6-15)18-10/h5,8-10,15-16H,2-4,6H2,1H3,(H,13,17,19)/t8-,9+,10-/m1/s1. The van der Waals surface area contributed by atoms with Crippen LogP contribution in [0.25, 0.3) is 0 Å². The maximum Gasteiger partial charge on any atom is 0.328 e. The molecule has 19 heavy (non-hydrogen) atoms. The summed E-state index contributed by atoms with van der Waals surface area (Å²) in [6, 6.07) is 0. The summed E-state index contributed by atoms with van der Waals surface area (Å²) in [6.45, 7) is 1.76. The Hall–Kier alpha value is -1.02. The third-order valence-corrected chi connectivity index (χ3v) is 3.62. The van der Waals surface area contributed by atoms with Crippen LogP contribution in [0.3, 0.4) is 0 Å². The molecule has 0 amide bonds. The first-order valence-electron chi connectivity index (χ1n) is 6.35. The summed E-state index contributed by atoms with van der Waals surface area (Å²) >= 11 is 5.11. The summed E-state index contributed by atoms with van der Waals surface area (Å²) in [5.41, 5.74) is 0.517. The molecule has 3 atom stereocenters. The zero-order chi connectivity index (χ0) is 14.0. The minimum absolute atomic E-state index is 0.267. The summed E-state index contributed by atoms with van der Waals surface area (Å²) in [7, 11) is 0. The highest BCUT2D eigenvalue weighted by molar-refractivity contribution is 7.71. The van der Waals surface area contributed by atoms with Crippen molar-refractivity contribution in [3.8, 4) is 0 Å². The van der Waals surface area contributed by atoms with Gasteiger partial charge in [-0.2, -0.15) is 0 Å². The van der Waals surface area contributed by atoms with Crippen molar-refractivity contribution in [3.05, 3.63) is 26.9 Å². The number of hydrogen-bond donors (Lipinski definition) is 3. The molecule has 0 aromatic carbocycles. The Morgan fingerprint density at radius 2 is 2.37 bits per heavy atom. The number of nitrogens with zero attached hydrogens (tertiary/aromatic N) is 1. The van der Waals surface area contributed by atoms with Gasteiger partial charge in [0.05, 0.1) is 12.7 Å². The molecule has 0 radical (unpaired) electrons. The van der Waals surface area contributed by atoms with E-state index in [0.29, 0.717) is 4.64 Å². The van der Waals surface area contributed by atoms with Crippen LogP contribution in [0, 0.1) is 4.64 Å². The van der Waals surface area contributed by atoms with E-state index < -0.39 is 18.4 Å². The average Bonchev–Trinajstić information content (AvgIpc) is 2.74. The first-order valence-corrected chi connectivity index (χ1v) is 6.76. The van der Waals surface area contributed by atoms with Crippen molar-refractivity contribution in [2.24, 2.45) is 0 Å². The van der Waals surface area contributed by atoms with Crippen LogP contribution in [0.2, 0.25) is 0 Å². The molecular weight excluding hydrogens is 268 g/mol. The molecule has 0 spiro atoms. The van der Waals surface area contributed by atoms with E-state index in [0.717, 1.165) is 18.4 Å². The van der Waals surface area contributed by atoms with Crippen molar-refractivity contribution in [1.29, 1.82) is 0 Å². The van der Waals surface area contributed by atoms with Gasteiger partial charge in [0.25, 0.3) is 0 Å². The quantitative estimate of drug-likeness (QED) is 0.702. The number of aromatic nitrogens is 2. The van der Waals surface area contributed by atoms with E-state index in [1.807, 2.05) is 6.92 Å². The van der Waals surface area contributed by atoms with Crippen LogP contribution in [0.15, 0.2) is 11.0 Å². The summed E-state index contributed by atoms with van der Waals surface area (Å²) in [5.74, 6) is 0. The Balaban J connectivity index is 2.33. The Morgan fingerprint density at radius 3 is 2.95 bits per heavy atom. The van der Waals surface area contributed by atoms with E-state index in [2.05, 4.69) is 4.98 Å². The van der Waals surface area contributed by atoms with E-state index in [9.17, 15) is 9.90 Å². The predicted molar refractivity (Wildman–Crippen MR) is 71.5 cm³/mol. The van der Waals surface area contributed by atoms with Gasteiger partial charge in [0.15, 0.2) is 0 Å². The van der Waals surface area contributed by atoms with Gasteiger partial charge in [-0.05, 0) is 6.42 Å². The normalized spacial score (nSPS) is 26.8. The van der Waals surface area contributed by atoms with E-state index in [1.165, 1.54) is 4.57 Å². The third-order valence-electron chi connectivity index (χ3n) is 3.26. The van der Waals surface area contributed by atoms with Crippen molar-refractivity contribution in [1.82, 2.24) is 9.55 Å². The van der Waals surface area contributed by atoms with Crippen LogP contribution in [-0.4, -0.2) is 38.6 Å². The minimum Gasteiger partial charge on any atom is -0.394 e. The lowest BCUT2D eigenvalue weighted by molar-refractivity contribution is -0.0459. The van der Waals surface area contributed by atoms with Crippen LogP contribution in [0.1, 0.15) is 31.6 Å². The lowest BCUT2D eigenvalue weighted by atomic mass is 10.2. The van der Waals surface area contributed by atoms with Gasteiger partial charge in [0.2, 0.25) is 0 Å². The molecule has 1 fully saturated rings. The molecule has 1 aliphatic heterocycles. The molecule has 3 N–H and O–H groups in total. The van der Waals surface area contributed by atoms with Gasteiger partial charge >= 0.3 is 5.69 Å². The van der Waals surface area contributed by atoms with E-state index >= 15 is 0 Å². The highest BCUT2D eigenvalue weighted by atomic mass is 32.1. The Kier molecular flexibility index (Phi) is 4.51. The van der Waals surface area contributed by atoms with Crippen molar-refractivity contribution >= 4 is 12.2 Å². The SMILES string of the molecule is CCCc1cn([C@H]2C[C@@H](O)[C@H](CO)O2)c(=O)[nH]c1=S. The largest absolute Gasteiger partial charge is 0.394 e. The maximum absolute atomic E-state index is 11.9. The zero-order valence-corrected chi connectivity index (χ0v) is 11.5. The number of aryl methyl sites for hydroxylation is 1. The second-order valence-electron chi connectivity index (χ2n) is 4.69. The van der Waals surface area contributed by atoms with Gasteiger partial charge < -0.3 is 14.9 Å². The zero-order valence-electron chi connectivity index (χ0n) is 10.7. The molecule has 7 heteroatoms. The fourth-order valence-electron chi connectivity index (χ4n) is 2.24. The van der Waals surface area contributed by atoms with E-state index in [-0.39, 0.29) is 18.7 Å². The topological polar surface area (TPSA) is 87.5 Å². The highest BCUT2D eigenvalue weighted by Gasteiger charge is 2.34.